The fraction of sp³-hybridized carbons (Fsp3) is 0.444. The lowest BCUT2D eigenvalue weighted by Gasteiger charge is -2.18. The molecule has 1 rings (SSSR count). The minimum Gasteiger partial charge on any atom is -0.472 e. The summed E-state index contributed by atoms with van der Waals surface area (Å²) in [6.07, 6.45) is 2.81. The topological polar surface area (TPSA) is 39.4 Å². The van der Waals surface area contributed by atoms with Gasteiger partial charge in [-0.1, -0.05) is 0 Å². The first-order chi connectivity index (χ1) is 5.49. The molecule has 0 spiro atoms. The van der Waals surface area contributed by atoms with Gasteiger partial charge in [0.1, 0.15) is 11.9 Å². The van der Waals surface area contributed by atoms with Crippen LogP contribution in [-0.4, -0.2) is 11.6 Å². The summed E-state index contributed by atoms with van der Waals surface area (Å²) < 4.78 is 9.83. The summed E-state index contributed by atoms with van der Waals surface area (Å²) in [6.45, 7) is 5.47. The molecule has 0 saturated carbocycles. The van der Waals surface area contributed by atoms with Crippen LogP contribution < -0.4 is 0 Å². The molecule has 0 aliphatic carbocycles. The Morgan fingerprint density at radius 1 is 1.50 bits per heavy atom. The molecular formula is C9H12O3. The zero-order valence-electron chi connectivity index (χ0n) is 7.46. The van der Waals surface area contributed by atoms with E-state index in [0.29, 0.717) is 5.56 Å². The summed E-state index contributed by atoms with van der Waals surface area (Å²) >= 11 is 0. The van der Waals surface area contributed by atoms with E-state index >= 15 is 0 Å². The molecule has 3 heteroatoms. The predicted molar refractivity (Wildman–Crippen MR) is 43.9 cm³/mol. The molecular weight excluding hydrogens is 156 g/mol. The Morgan fingerprint density at radius 2 is 2.17 bits per heavy atom. The second kappa shape index (κ2) is 3.01. The van der Waals surface area contributed by atoms with Crippen molar-refractivity contribution in [2.45, 2.75) is 26.4 Å². The van der Waals surface area contributed by atoms with Gasteiger partial charge < -0.3 is 9.15 Å². The molecule has 1 aromatic heterocycles. The monoisotopic (exact) mass is 168 g/mol. The Balaban J connectivity index is 2.63. The average molecular weight is 168 g/mol. The SMILES string of the molecule is CC(C)(C)OC(=O)c1ccoc1. The zero-order valence-corrected chi connectivity index (χ0v) is 7.46. The van der Waals surface area contributed by atoms with Crippen molar-refractivity contribution in [2.75, 3.05) is 0 Å². The summed E-state index contributed by atoms with van der Waals surface area (Å²) in [7, 11) is 0. The van der Waals surface area contributed by atoms with Crippen LogP contribution in [0.4, 0.5) is 0 Å². The highest BCUT2D eigenvalue weighted by atomic mass is 16.6. The van der Waals surface area contributed by atoms with Crippen LogP contribution in [0.3, 0.4) is 0 Å². The number of carbonyl (C=O) groups excluding carboxylic acids is 1. The normalized spacial score (nSPS) is 11.2. The molecule has 0 unspecified atom stereocenters. The Bertz CT molecular complexity index is 254. The number of hydrogen-bond acceptors (Lipinski definition) is 3. The largest absolute Gasteiger partial charge is 0.472 e. The molecule has 0 aliphatic heterocycles. The van der Waals surface area contributed by atoms with E-state index in [4.69, 9.17) is 9.15 Å². The minimum atomic E-state index is -0.450. The highest BCUT2D eigenvalue weighted by Gasteiger charge is 2.18. The van der Waals surface area contributed by atoms with Gasteiger partial charge in [-0.15, -0.1) is 0 Å². The molecule has 0 saturated heterocycles. The molecule has 0 radical (unpaired) electrons. The number of esters is 1. The van der Waals surface area contributed by atoms with Crippen LogP contribution in [-0.2, 0) is 4.74 Å². The smallest absolute Gasteiger partial charge is 0.341 e. The number of ether oxygens (including phenoxy) is 1. The van der Waals surface area contributed by atoms with Gasteiger partial charge in [0.05, 0.1) is 11.8 Å². The Kier molecular flexibility index (Phi) is 2.22. The summed E-state index contributed by atoms with van der Waals surface area (Å²) in [5.74, 6) is -0.351. The van der Waals surface area contributed by atoms with Crippen molar-refractivity contribution in [2.24, 2.45) is 0 Å². The fourth-order valence-corrected chi connectivity index (χ4v) is 0.718. The summed E-state index contributed by atoms with van der Waals surface area (Å²) in [6, 6.07) is 1.58. The van der Waals surface area contributed by atoms with Gasteiger partial charge >= 0.3 is 5.97 Å². The third-order valence-corrected chi connectivity index (χ3v) is 1.16. The maximum atomic E-state index is 11.2. The number of carbonyl (C=O) groups is 1. The average Bonchev–Trinajstić information content (AvgIpc) is 2.32. The van der Waals surface area contributed by atoms with Gasteiger partial charge in [-0.2, -0.15) is 0 Å². The molecule has 0 atom stereocenters. The van der Waals surface area contributed by atoms with Crippen LogP contribution in [0.2, 0.25) is 0 Å². The summed E-state index contributed by atoms with van der Waals surface area (Å²) in [4.78, 5) is 11.2. The third-order valence-electron chi connectivity index (χ3n) is 1.16. The van der Waals surface area contributed by atoms with E-state index in [2.05, 4.69) is 0 Å². The van der Waals surface area contributed by atoms with E-state index in [1.54, 1.807) is 6.07 Å². The van der Waals surface area contributed by atoms with Crippen LogP contribution in [0.5, 0.6) is 0 Å². The lowest BCUT2D eigenvalue weighted by molar-refractivity contribution is 0.00689. The Hall–Kier alpha value is -1.25. The van der Waals surface area contributed by atoms with Gasteiger partial charge in [-0.3, -0.25) is 0 Å². The van der Waals surface area contributed by atoms with Crippen molar-refractivity contribution in [1.82, 2.24) is 0 Å². The number of hydrogen-bond donors (Lipinski definition) is 0. The molecule has 0 aromatic carbocycles. The lowest BCUT2D eigenvalue weighted by Crippen LogP contribution is -2.23. The number of furan rings is 1. The van der Waals surface area contributed by atoms with Gasteiger partial charge in [-0.05, 0) is 26.8 Å². The maximum Gasteiger partial charge on any atom is 0.341 e. The van der Waals surface area contributed by atoms with E-state index in [9.17, 15) is 4.79 Å². The predicted octanol–water partition coefficient (Wildman–Crippen LogP) is 2.23. The summed E-state index contributed by atoms with van der Waals surface area (Å²) in [5.41, 5.74) is -0.00104. The second-order valence-electron chi connectivity index (χ2n) is 3.51. The van der Waals surface area contributed by atoms with E-state index in [0.717, 1.165) is 0 Å². The fourth-order valence-electron chi connectivity index (χ4n) is 0.718. The van der Waals surface area contributed by atoms with Crippen molar-refractivity contribution < 1.29 is 13.9 Å². The molecule has 0 N–H and O–H groups in total. The molecule has 0 amide bonds. The van der Waals surface area contributed by atoms with Gasteiger partial charge in [0, 0.05) is 0 Å². The van der Waals surface area contributed by atoms with Gasteiger partial charge in [0.2, 0.25) is 0 Å². The van der Waals surface area contributed by atoms with Gasteiger partial charge in [0.25, 0.3) is 0 Å². The van der Waals surface area contributed by atoms with Crippen molar-refractivity contribution in [1.29, 1.82) is 0 Å². The maximum absolute atomic E-state index is 11.2. The molecule has 12 heavy (non-hydrogen) atoms. The summed E-state index contributed by atoms with van der Waals surface area (Å²) in [5, 5.41) is 0. The van der Waals surface area contributed by atoms with Crippen LogP contribution in [0.1, 0.15) is 31.1 Å². The van der Waals surface area contributed by atoms with Crippen LogP contribution in [0, 0.1) is 0 Å². The molecule has 0 fully saturated rings. The van der Waals surface area contributed by atoms with Crippen molar-refractivity contribution in [3.8, 4) is 0 Å². The number of rotatable bonds is 1. The first-order valence-corrected chi connectivity index (χ1v) is 3.74. The van der Waals surface area contributed by atoms with E-state index in [-0.39, 0.29) is 5.97 Å². The standard InChI is InChI=1S/C9H12O3/c1-9(2,3)12-8(10)7-4-5-11-6-7/h4-6H,1-3H3. The van der Waals surface area contributed by atoms with E-state index in [1.165, 1.54) is 12.5 Å². The highest BCUT2D eigenvalue weighted by molar-refractivity contribution is 5.89. The lowest BCUT2D eigenvalue weighted by atomic mass is 10.2. The third kappa shape index (κ3) is 2.42. The first-order valence-electron chi connectivity index (χ1n) is 3.74. The molecule has 1 aromatic rings. The highest BCUT2D eigenvalue weighted by Crippen LogP contribution is 2.11. The second-order valence-corrected chi connectivity index (χ2v) is 3.51. The minimum absolute atomic E-state index is 0.351. The van der Waals surface area contributed by atoms with E-state index in [1.807, 2.05) is 20.8 Å². The van der Waals surface area contributed by atoms with Crippen LogP contribution in [0.15, 0.2) is 23.0 Å². The van der Waals surface area contributed by atoms with Crippen LogP contribution in [0.25, 0.3) is 0 Å². The van der Waals surface area contributed by atoms with Crippen molar-refractivity contribution in [3.05, 3.63) is 24.2 Å². The Morgan fingerprint density at radius 3 is 2.58 bits per heavy atom. The molecule has 0 aliphatic rings. The zero-order chi connectivity index (χ0) is 9.19. The first kappa shape index (κ1) is 8.84. The van der Waals surface area contributed by atoms with Crippen molar-refractivity contribution >= 4 is 5.97 Å². The molecule has 1 heterocycles. The van der Waals surface area contributed by atoms with Gasteiger partial charge in [-0.25, -0.2) is 4.79 Å². The van der Waals surface area contributed by atoms with Gasteiger partial charge in [0.15, 0.2) is 0 Å². The molecule has 3 nitrogen and oxygen atoms in total. The molecule has 66 valence electrons. The molecule has 0 bridgehead atoms. The van der Waals surface area contributed by atoms with Crippen molar-refractivity contribution in [3.63, 3.8) is 0 Å². The van der Waals surface area contributed by atoms with Crippen LogP contribution >= 0.6 is 0 Å². The van der Waals surface area contributed by atoms with E-state index < -0.39 is 5.60 Å². The quantitative estimate of drug-likeness (QED) is 0.603. The Labute approximate surface area is 71.3 Å².